The molecule has 0 fully saturated rings. The lowest BCUT2D eigenvalue weighted by Crippen LogP contribution is -2.35. The number of amides is 1. The Bertz CT molecular complexity index is 921. The van der Waals surface area contributed by atoms with Gasteiger partial charge in [-0.1, -0.05) is 41.9 Å². The normalized spacial score (nSPS) is 11.5. The van der Waals surface area contributed by atoms with Crippen LogP contribution in [0.1, 0.15) is 22.2 Å². The van der Waals surface area contributed by atoms with E-state index >= 15 is 0 Å². The molecule has 0 bridgehead atoms. The Hall–Kier alpha value is -2.37. The number of hydrazine groups is 1. The van der Waals surface area contributed by atoms with Crippen LogP contribution in [0.4, 0.5) is 4.39 Å². The monoisotopic (exact) mass is 360 g/mol. The van der Waals surface area contributed by atoms with E-state index in [0.717, 1.165) is 22.6 Å². The maximum Gasteiger partial charge on any atom is 0.281 e. The molecule has 0 saturated carbocycles. The Balaban J connectivity index is 1.73. The van der Waals surface area contributed by atoms with Crippen molar-refractivity contribution in [3.63, 3.8) is 0 Å². The second-order valence-corrected chi connectivity index (χ2v) is 6.63. The van der Waals surface area contributed by atoms with E-state index in [-0.39, 0.29) is 11.7 Å². The first-order chi connectivity index (χ1) is 11.5. The Morgan fingerprint density at radius 1 is 1.17 bits per heavy atom. The summed E-state index contributed by atoms with van der Waals surface area (Å²) in [5.41, 5.74) is 7.25. The number of halogens is 2. The number of nitrogens with one attached hydrogen (secondary N) is 2. The van der Waals surface area contributed by atoms with E-state index in [1.165, 1.54) is 12.1 Å². The molecule has 122 valence electrons. The molecule has 3 rings (SSSR count). The summed E-state index contributed by atoms with van der Waals surface area (Å²) in [5, 5.41) is 1.00. The molecule has 3 nitrogen and oxygen atoms in total. The molecule has 1 aromatic heterocycles. The van der Waals surface area contributed by atoms with E-state index in [0.29, 0.717) is 20.0 Å². The molecule has 0 radical (unpaired) electrons. The number of fused-ring (bicyclic) bond motifs is 1. The van der Waals surface area contributed by atoms with Crippen LogP contribution in [0.2, 0.25) is 5.02 Å². The highest BCUT2D eigenvalue weighted by Crippen LogP contribution is 2.35. The highest BCUT2D eigenvalue weighted by atomic mass is 35.5. The Morgan fingerprint density at radius 2 is 1.92 bits per heavy atom. The van der Waals surface area contributed by atoms with Gasteiger partial charge in [0.05, 0.1) is 5.02 Å². The van der Waals surface area contributed by atoms with Crippen molar-refractivity contribution in [2.24, 2.45) is 0 Å². The van der Waals surface area contributed by atoms with Crippen molar-refractivity contribution in [3.8, 4) is 0 Å². The molecule has 2 aromatic carbocycles. The van der Waals surface area contributed by atoms with Gasteiger partial charge in [-0.3, -0.25) is 10.2 Å². The number of hydrogen-bond donors (Lipinski definition) is 2. The minimum Gasteiger partial charge on any atom is -0.303 e. The lowest BCUT2D eigenvalue weighted by molar-refractivity contribution is 0.0943. The van der Waals surface area contributed by atoms with Crippen molar-refractivity contribution >= 4 is 45.0 Å². The molecule has 0 unspecified atom stereocenters. The molecular weight excluding hydrogens is 347 g/mol. The van der Waals surface area contributed by atoms with Crippen LogP contribution in [-0.2, 0) is 0 Å². The van der Waals surface area contributed by atoms with E-state index < -0.39 is 0 Å². The number of allylic oxidation sites excluding steroid dienone is 1. The van der Waals surface area contributed by atoms with Crippen LogP contribution >= 0.6 is 22.9 Å². The van der Waals surface area contributed by atoms with Gasteiger partial charge in [-0.15, -0.1) is 11.3 Å². The predicted octanol–water partition coefficient (Wildman–Crippen LogP) is 4.99. The Morgan fingerprint density at radius 3 is 2.67 bits per heavy atom. The van der Waals surface area contributed by atoms with Gasteiger partial charge in [-0.05, 0) is 36.8 Å². The molecule has 1 heterocycles. The molecule has 0 aliphatic carbocycles. The fourth-order valence-electron chi connectivity index (χ4n) is 2.23. The zero-order valence-electron chi connectivity index (χ0n) is 12.8. The number of rotatable bonds is 4. The zero-order chi connectivity index (χ0) is 17.1. The second-order valence-electron chi connectivity index (χ2n) is 5.20. The Kier molecular flexibility index (Phi) is 4.83. The third-order valence-electron chi connectivity index (χ3n) is 3.35. The van der Waals surface area contributed by atoms with Crippen LogP contribution in [0.15, 0.2) is 54.2 Å². The number of hydrogen-bond acceptors (Lipinski definition) is 3. The van der Waals surface area contributed by atoms with Gasteiger partial charge in [0.1, 0.15) is 10.7 Å². The molecule has 0 atom stereocenters. The molecule has 6 heteroatoms. The van der Waals surface area contributed by atoms with E-state index in [9.17, 15) is 9.18 Å². The van der Waals surface area contributed by atoms with Crippen molar-refractivity contribution in [1.29, 1.82) is 0 Å². The second kappa shape index (κ2) is 7.03. The minimum atomic E-state index is -0.359. The lowest BCUT2D eigenvalue weighted by atomic mass is 10.2. The van der Waals surface area contributed by atoms with Crippen LogP contribution in [0.5, 0.6) is 0 Å². The van der Waals surface area contributed by atoms with Gasteiger partial charge in [0, 0.05) is 15.8 Å². The molecule has 0 saturated heterocycles. The summed E-state index contributed by atoms with van der Waals surface area (Å²) >= 11 is 7.39. The molecule has 0 spiro atoms. The molecule has 0 aliphatic rings. The van der Waals surface area contributed by atoms with Crippen LogP contribution in [0, 0.1) is 5.82 Å². The average Bonchev–Trinajstić information content (AvgIpc) is 2.90. The van der Waals surface area contributed by atoms with Crippen molar-refractivity contribution in [2.45, 2.75) is 6.92 Å². The van der Waals surface area contributed by atoms with Gasteiger partial charge in [0.2, 0.25) is 0 Å². The third-order valence-corrected chi connectivity index (χ3v) is 5.01. The van der Waals surface area contributed by atoms with Gasteiger partial charge < -0.3 is 5.43 Å². The number of thiophene rings is 1. The molecule has 1 amide bonds. The van der Waals surface area contributed by atoms with E-state index in [4.69, 9.17) is 11.6 Å². The topological polar surface area (TPSA) is 41.1 Å². The van der Waals surface area contributed by atoms with Crippen molar-refractivity contribution in [3.05, 3.63) is 75.5 Å². The highest BCUT2D eigenvalue weighted by Gasteiger charge is 2.17. The third kappa shape index (κ3) is 3.58. The lowest BCUT2D eigenvalue weighted by Gasteiger charge is -2.08. The summed E-state index contributed by atoms with van der Waals surface area (Å²) in [5.74, 6) is -0.713. The number of carbonyl (C=O) groups is 1. The van der Waals surface area contributed by atoms with E-state index in [2.05, 4.69) is 10.9 Å². The largest absolute Gasteiger partial charge is 0.303 e. The van der Waals surface area contributed by atoms with Crippen LogP contribution in [0.3, 0.4) is 0 Å². The fraction of sp³-hybridized carbons (Fsp3) is 0.0556. The summed E-state index contributed by atoms with van der Waals surface area (Å²) < 4.78 is 13.9. The predicted molar refractivity (Wildman–Crippen MR) is 97.5 cm³/mol. The van der Waals surface area contributed by atoms with Crippen molar-refractivity contribution in [1.82, 2.24) is 10.9 Å². The molecule has 0 aliphatic heterocycles. The molecular formula is C18H14ClFN2OS. The zero-order valence-corrected chi connectivity index (χ0v) is 14.3. The average molecular weight is 361 g/mol. The first-order valence-electron chi connectivity index (χ1n) is 7.22. The maximum atomic E-state index is 13.3. The summed E-state index contributed by atoms with van der Waals surface area (Å²) in [7, 11) is 0. The first kappa shape index (κ1) is 16.5. The van der Waals surface area contributed by atoms with E-state index in [1.807, 2.05) is 43.3 Å². The van der Waals surface area contributed by atoms with Crippen LogP contribution < -0.4 is 10.9 Å². The van der Waals surface area contributed by atoms with Gasteiger partial charge in [-0.25, -0.2) is 4.39 Å². The fourth-order valence-corrected chi connectivity index (χ4v) is 3.67. The minimum absolute atomic E-state index is 0.332. The summed E-state index contributed by atoms with van der Waals surface area (Å²) in [6.45, 7) is 1.84. The summed E-state index contributed by atoms with van der Waals surface area (Å²) in [6.07, 6.45) is 1.90. The summed E-state index contributed by atoms with van der Waals surface area (Å²) in [6, 6.07) is 14.0. The van der Waals surface area contributed by atoms with Gasteiger partial charge in [-0.2, -0.15) is 0 Å². The SMILES string of the molecule is C/C(=C/c1ccccc1)NNC(=O)c1sc2cc(F)ccc2c1Cl. The molecule has 3 aromatic rings. The van der Waals surface area contributed by atoms with Crippen LogP contribution in [-0.4, -0.2) is 5.91 Å². The Labute approximate surface area is 147 Å². The molecule has 24 heavy (non-hydrogen) atoms. The van der Waals surface area contributed by atoms with Crippen LogP contribution in [0.25, 0.3) is 16.2 Å². The highest BCUT2D eigenvalue weighted by molar-refractivity contribution is 7.21. The van der Waals surface area contributed by atoms with Gasteiger partial charge in [0.15, 0.2) is 0 Å². The quantitative estimate of drug-likeness (QED) is 0.643. The van der Waals surface area contributed by atoms with E-state index in [1.54, 1.807) is 6.07 Å². The number of benzene rings is 2. The van der Waals surface area contributed by atoms with Gasteiger partial charge in [0.25, 0.3) is 5.91 Å². The molecule has 2 N–H and O–H groups in total. The van der Waals surface area contributed by atoms with Crippen molar-refractivity contribution in [2.75, 3.05) is 0 Å². The van der Waals surface area contributed by atoms with Crippen molar-refractivity contribution < 1.29 is 9.18 Å². The number of carbonyl (C=O) groups excluding carboxylic acids is 1. The smallest absolute Gasteiger partial charge is 0.281 e. The first-order valence-corrected chi connectivity index (χ1v) is 8.41. The standard InChI is InChI=1S/C18H14ClFN2OS/c1-11(9-12-5-3-2-4-6-12)21-22-18(23)17-16(19)14-8-7-13(20)10-15(14)24-17/h2-10,21H,1H3,(H,22,23)/b11-9-. The maximum absolute atomic E-state index is 13.3. The summed E-state index contributed by atoms with van der Waals surface area (Å²) in [4.78, 5) is 12.7. The van der Waals surface area contributed by atoms with Gasteiger partial charge >= 0.3 is 0 Å².